The van der Waals surface area contributed by atoms with Crippen molar-refractivity contribution in [3.05, 3.63) is 15.6 Å². The summed E-state index contributed by atoms with van der Waals surface area (Å²) < 4.78 is 5.66. The van der Waals surface area contributed by atoms with Crippen LogP contribution in [-0.4, -0.2) is 23.7 Å². The molecule has 0 saturated heterocycles. The third kappa shape index (κ3) is 2.91. The number of aromatic nitrogens is 1. The van der Waals surface area contributed by atoms with Gasteiger partial charge in [0.15, 0.2) is 0 Å². The summed E-state index contributed by atoms with van der Waals surface area (Å²) in [5.41, 5.74) is 4.11. The zero-order valence-electron chi connectivity index (χ0n) is 11.5. The molecule has 1 fully saturated rings. The monoisotopic (exact) mass is 269 g/mol. The van der Waals surface area contributed by atoms with Crippen molar-refractivity contribution in [1.29, 1.82) is 0 Å². The summed E-state index contributed by atoms with van der Waals surface area (Å²) >= 11 is 1.77. The number of nitrogens with zero attached hydrogens (tertiary/aromatic N) is 1. The molecule has 3 N–H and O–H groups in total. The number of methoxy groups -OCH3 is 1. The quantitative estimate of drug-likeness (QED) is 0.613. The number of rotatable bonds is 6. The summed E-state index contributed by atoms with van der Waals surface area (Å²) in [5, 5.41) is 1.17. The number of nitrogens with two attached hydrogens (primary N) is 1. The highest BCUT2D eigenvalue weighted by Gasteiger charge is 2.39. The van der Waals surface area contributed by atoms with Crippen LogP contribution in [0.15, 0.2) is 0 Å². The van der Waals surface area contributed by atoms with Crippen LogP contribution < -0.4 is 11.3 Å². The van der Waals surface area contributed by atoms with E-state index in [9.17, 15) is 0 Å². The molecule has 0 amide bonds. The van der Waals surface area contributed by atoms with Crippen molar-refractivity contribution in [3.63, 3.8) is 0 Å². The number of aryl methyl sites for hydroxylation is 2. The molecule has 1 heterocycles. The lowest BCUT2D eigenvalue weighted by Crippen LogP contribution is -2.48. The molecule has 0 spiro atoms. The van der Waals surface area contributed by atoms with E-state index in [1.165, 1.54) is 16.3 Å². The second-order valence-corrected chi connectivity index (χ2v) is 6.55. The Hall–Kier alpha value is -0.490. The van der Waals surface area contributed by atoms with E-state index in [1.807, 2.05) is 7.11 Å². The minimum atomic E-state index is 0.0540. The summed E-state index contributed by atoms with van der Waals surface area (Å²) in [4.78, 5) is 5.88. The number of nitrogens with one attached hydrogen (secondary N) is 1. The van der Waals surface area contributed by atoms with Crippen molar-refractivity contribution in [2.45, 2.75) is 57.6 Å². The first kappa shape index (κ1) is 13.9. The highest BCUT2D eigenvalue weighted by atomic mass is 32.1. The molecular weight excluding hydrogens is 246 g/mol. The maximum atomic E-state index is 5.68. The molecule has 0 bridgehead atoms. The van der Waals surface area contributed by atoms with Crippen molar-refractivity contribution in [1.82, 2.24) is 10.4 Å². The Bertz CT molecular complexity index is 376. The highest BCUT2D eigenvalue weighted by molar-refractivity contribution is 7.11. The molecule has 102 valence electrons. The number of ether oxygens (including phenoxy) is 1. The predicted octanol–water partition coefficient (Wildman–Crippen LogP) is 2.09. The summed E-state index contributed by atoms with van der Waals surface area (Å²) in [7, 11) is 1.81. The first-order valence-corrected chi connectivity index (χ1v) is 7.34. The molecule has 0 aliphatic heterocycles. The maximum absolute atomic E-state index is 5.68. The zero-order chi connectivity index (χ0) is 13.2. The molecule has 1 saturated carbocycles. The van der Waals surface area contributed by atoms with Crippen LogP contribution in [0.1, 0.15) is 41.3 Å². The molecular formula is C13H23N3OS. The average Bonchev–Trinajstić information content (AvgIpc) is 2.61. The van der Waals surface area contributed by atoms with Crippen LogP contribution in [0, 0.1) is 13.8 Å². The van der Waals surface area contributed by atoms with Crippen molar-refractivity contribution < 1.29 is 4.74 Å². The summed E-state index contributed by atoms with van der Waals surface area (Å²) in [6.07, 6.45) is 5.43. The van der Waals surface area contributed by atoms with Crippen molar-refractivity contribution in [3.8, 4) is 0 Å². The Balaban J connectivity index is 1.96. The third-order valence-corrected chi connectivity index (χ3v) is 5.14. The Labute approximate surface area is 113 Å². The molecule has 4 nitrogen and oxygen atoms in total. The number of hydrazine groups is 1. The fourth-order valence-electron chi connectivity index (χ4n) is 2.54. The Kier molecular flexibility index (Phi) is 4.37. The van der Waals surface area contributed by atoms with E-state index in [2.05, 4.69) is 24.3 Å². The van der Waals surface area contributed by atoms with E-state index in [-0.39, 0.29) is 11.6 Å². The second kappa shape index (κ2) is 5.65. The SMILES string of the molecule is COC1(CC(Cc2nc(C)c(C)s2)NN)CCC1. The van der Waals surface area contributed by atoms with Gasteiger partial charge in [0.2, 0.25) is 0 Å². The van der Waals surface area contributed by atoms with Crippen molar-refractivity contribution >= 4 is 11.3 Å². The topological polar surface area (TPSA) is 60.2 Å². The van der Waals surface area contributed by atoms with Gasteiger partial charge in [-0.1, -0.05) is 0 Å². The molecule has 1 aromatic heterocycles. The van der Waals surface area contributed by atoms with Crippen LogP contribution in [0.5, 0.6) is 0 Å². The molecule has 1 aliphatic rings. The van der Waals surface area contributed by atoms with Crippen LogP contribution in [0.25, 0.3) is 0 Å². The lowest BCUT2D eigenvalue weighted by atomic mass is 9.75. The molecule has 18 heavy (non-hydrogen) atoms. The standard InChI is InChI=1S/C13H23N3OS/c1-9-10(2)18-12(15-9)7-11(16-14)8-13(17-3)5-4-6-13/h11,16H,4-8,14H2,1-3H3. The van der Waals surface area contributed by atoms with Gasteiger partial charge in [-0.25, -0.2) is 4.98 Å². The van der Waals surface area contributed by atoms with Gasteiger partial charge in [-0.15, -0.1) is 11.3 Å². The minimum Gasteiger partial charge on any atom is -0.378 e. The van der Waals surface area contributed by atoms with Crippen LogP contribution in [0.3, 0.4) is 0 Å². The normalized spacial score (nSPS) is 19.6. The summed E-state index contributed by atoms with van der Waals surface area (Å²) in [6, 6.07) is 0.246. The van der Waals surface area contributed by atoms with Gasteiger partial charge in [0.05, 0.1) is 16.3 Å². The molecule has 0 radical (unpaired) electrons. The zero-order valence-corrected chi connectivity index (χ0v) is 12.3. The van der Waals surface area contributed by atoms with E-state index in [0.29, 0.717) is 0 Å². The molecule has 0 aromatic carbocycles. The third-order valence-electron chi connectivity index (χ3n) is 4.05. The first-order valence-electron chi connectivity index (χ1n) is 6.53. The second-order valence-electron chi connectivity index (χ2n) is 5.26. The average molecular weight is 269 g/mol. The lowest BCUT2D eigenvalue weighted by molar-refractivity contribution is -0.0834. The first-order chi connectivity index (χ1) is 8.58. The van der Waals surface area contributed by atoms with Gasteiger partial charge in [0, 0.05) is 24.4 Å². The molecule has 1 aromatic rings. The van der Waals surface area contributed by atoms with Gasteiger partial charge in [0.1, 0.15) is 0 Å². The van der Waals surface area contributed by atoms with E-state index in [0.717, 1.165) is 31.4 Å². The lowest BCUT2D eigenvalue weighted by Gasteiger charge is -2.42. The minimum absolute atomic E-state index is 0.0540. The van der Waals surface area contributed by atoms with Gasteiger partial charge >= 0.3 is 0 Å². The van der Waals surface area contributed by atoms with Gasteiger partial charge in [-0.2, -0.15) is 0 Å². The smallest absolute Gasteiger partial charge is 0.0946 e. The largest absolute Gasteiger partial charge is 0.378 e. The van der Waals surface area contributed by atoms with Crippen LogP contribution in [-0.2, 0) is 11.2 Å². The van der Waals surface area contributed by atoms with E-state index >= 15 is 0 Å². The van der Waals surface area contributed by atoms with Crippen molar-refractivity contribution in [2.24, 2.45) is 5.84 Å². The van der Waals surface area contributed by atoms with E-state index < -0.39 is 0 Å². The Morgan fingerprint density at radius 2 is 2.22 bits per heavy atom. The molecule has 1 aliphatic carbocycles. The number of hydrogen-bond acceptors (Lipinski definition) is 5. The van der Waals surface area contributed by atoms with Gasteiger partial charge in [0.25, 0.3) is 0 Å². The van der Waals surface area contributed by atoms with Gasteiger partial charge < -0.3 is 4.74 Å². The van der Waals surface area contributed by atoms with E-state index in [4.69, 9.17) is 10.6 Å². The summed E-state index contributed by atoms with van der Waals surface area (Å²) in [6.45, 7) is 4.17. The molecule has 1 unspecified atom stereocenters. The van der Waals surface area contributed by atoms with Crippen LogP contribution in [0.2, 0.25) is 0 Å². The fourth-order valence-corrected chi connectivity index (χ4v) is 3.55. The van der Waals surface area contributed by atoms with Crippen LogP contribution in [0.4, 0.5) is 0 Å². The highest BCUT2D eigenvalue weighted by Crippen LogP contribution is 2.39. The van der Waals surface area contributed by atoms with Gasteiger partial charge in [-0.3, -0.25) is 11.3 Å². The van der Waals surface area contributed by atoms with Gasteiger partial charge in [-0.05, 0) is 39.5 Å². The molecule has 5 heteroatoms. The molecule has 2 rings (SSSR count). The number of thiazole rings is 1. The fraction of sp³-hybridized carbons (Fsp3) is 0.769. The van der Waals surface area contributed by atoms with Crippen molar-refractivity contribution in [2.75, 3.05) is 7.11 Å². The Morgan fingerprint density at radius 1 is 1.50 bits per heavy atom. The van der Waals surface area contributed by atoms with Crippen LogP contribution >= 0.6 is 11.3 Å². The van der Waals surface area contributed by atoms with E-state index in [1.54, 1.807) is 11.3 Å². The Morgan fingerprint density at radius 3 is 2.61 bits per heavy atom. The number of hydrogen-bond donors (Lipinski definition) is 2. The summed E-state index contributed by atoms with van der Waals surface area (Å²) in [5.74, 6) is 5.68. The maximum Gasteiger partial charge on any atom is 0.0946 e. The molecule has 1 atom stereocenters. The predicted molar refractivity (Wildman–Crippen MR) is 74.6 cm³/mol.